The normalized spacial score (nSPS) is 13.7. The SMILES string of the molecule is C=CC(=O)Cc1cc2c(ONC(=O)c3ccc(F)c(Cl)c3)ncnc2cc1OCCCCN1CCOCC1. The molecule has 0 bridgehead atoms. The van der Waals surface area contributed by atoms with Crippen molar-refractivity contribution in [3.05, 3.63) is 71.3 Å². The zero-order valence-corrected chi connectivity index (χ0v) is 21.5. The summed E-state index contributed by atoms with van der Waals surface area (Å²) in [7, 11) is 0. The van der Waals surface area contributed by atoms with Gasteiger partial charge < -0.3 is 14.3 Å². The van der Waals surface area contributed by atoms with Gasteiger partial charge in [0.2, 0.25) is 0 Å². The molecule has 0 unspecified atom stereocenters. The van der Waals surface area contributed by atoms with E-state index in [9.17, 15) is 14.0 Å². The number of morpholine rings is 1. The number of hydroxylamine groups is 1. The minimum absolute atomic E-state index is 0.0668. The standard InChI is InChI=1S/C27H28ClFN4O5/c1-2-20(34)13-19-14-21-24(16-25(19)37-10-4-3-7-33-8-11-36-12-9-33)30-17-31-27(21)38-32-26(35)18-5-6-23(29)22(28)15-18/h2,5-6,14-17H,1,3-4,7-13H2,(H,32,35). The number of unbranched alkanes of at least 4 members (excludes halogenated alkanes) is 1. The number of nitrogens with zero attached hydrogens (tertiary/aromatic N) is 3. The van der Waals surface area contributed by atoms with Gasteiger partial charge in [0, 0.05) is 36.7 Å². The van der Waals surface area contributed by atoms with Crippen molar-refractivity contribution in [2.24, 2.45) is 0 Å². The number of carbonyl (C=O) groups excluding carboxylic acids is 2. The number of halogens is 2. The molecule has 1 amide bonds. The van der Waals surface area contributed by atoms with E-state index in [1.165, 1.54) is 24.5 Å². The molecule has 11 heteroatoms. The van der Waals surface area contributed by atoms with Gasteiger partial charge in [-0.2, -0.15) is 10.5 Å². The van der Waals surface area contributed by atoms with Crippen LogP contribution in [0.1, 0.15) is 28.8 Å². The van der Waals surface area contributed by atoms with Gasteiger partial charge in [0.05, 0.1) is 35.7 Å². The van der Waals surface area contributed by atoms with Crippen molar-refractivity contribution in [1.82, 2.24) is 20.3 Å². The molecule has 200 valence electrons. The highest BCUT2D eigenvalue weighted by Gasteiger charge is 2.16. The van der Waals surface area contributed by atoms with Crippen LogP contribution in [0.5, 0.6) is 11.6 Å². The van der Waals surface area contributed by atoms with Crippen molar-refractivity contribution in [1.29, 1.82) is 0 Å². The zero-order chi connectivity index (χ0) is 26.9. The minimum Gasteiger partial charge on any atom is -0.493 e. The Kier molecular flexibility index (Phi) is 9.58. The number of ketones is 1. The topological polar surface area (TPSA) is 103 Å². The monoisotopic (exact) mass is 542 g/mol. The summed E-state index contributed by atoms with van der Waals surface area (Å²) in [6.07, 6.45) is 4.44. The average molecular weight is 543 g/mol. The minimum atomic E-state index is -0.641. The lowest BCUT2D eigenvalue weighted by molar-refractivity contribution is -0.114. The number of amides is 1. The summed E-state index contributed by atoms with van der Waals surface area (Å²) in [6, 6.07) is 6.98. The lowest BCUT2D eigenvalue weighted by Gasteiger charge is -2.26. The number of hydrogen-bond donors (Lipinski definition) is 1. The first-order valence-corrected chi connectivity index (χ1v) is 12.6. The molecule has 1 aliphatic rings. The van der Waals surface area contributed by atoms with E-state index in [1.807, 2.05) is 0 Å². The number of aromatic nitrogens is 2. The van der Waals surface area contributed by atoms with Gasteiger partial charge in [0.25, 0.3) is 11.8 Å². The van der Waals surface area contributed by atoms with Crippen molar-refractivity contribution in [2.45, 2.75) is 19.3 Å². The Hall–Kier alpha value is -3.60. The highest BCUT2D eigenvalue weighted by atomic mass is 35.5. The number of hydrogen-bond acceptors (Lipinski definition) is 8. The summed E-state index contributed by atoms with van der Waals surface area (Å²) >= 11 is 5.76. The molecular formula is C27H28ClFN4O5. The third kappa shape index (κ3) is 7.25. The van der Waals surface area contributed by atoms with E-state index in [2.05, 4.69) is 26.9 Å². The fraction of sp³-hybridized carbons (Fsp3) is 0.333. The largest absolute Gasteiger partial charge is 0.493 e. The number of fused-ring (bicyclic) bond motifs is 1. The van der Waals surface area contributed by atoms with Gasteiger partial charge >= 0.3 is 0 Å². The molecular weight excluding hydrogens is 515 g/mol. The van der Waals surface area contributed by atoms with Crippen molar-refractivity contribution in [2.75, 3.05) is 39.5 Å². The Morgan fingerprint density at radius 2 is 2.00 bits per heavy atom. The van der Waals surface area contributed by atoms with Gasteiger partial charge in [-0.05, 0) is 49.7 Å². The molecule has 0 saturated carbocycles. The smallest absolute Gasteiger partial charge is 0.284 e. The Bertz CT molecular complexity index is 1320. The second-order valence-corrected chi connectivity index (χ2v) is 9.08. The van der Waals surface area contributed by atoms with Crippen LogP contribution in [0.3, 0.4) is 0 Å². The molecule has 0 atom stereocenters. The van der Waals surface area contributed by atoms with Crippen LogP contribution >= 0.6 is 11.6 Å². The molecule has 0 radical (unpaired) electrons. The summed E-state index contributed by atoms with van der Waals surface area (Å²) in [5.74, 6) is -0.850. The third-order valence-electron chi connectivity index (χ3n) is 6.03. The molecule has 38 heavy (non-hydrogen) atoms. The molecule has 1 fully saturated rings. The van der Waals surface area contributed by atoms with Crippen molar-refractivity contribution >= 4 is 34.2 Å². The maximum atomic E-state index is 13.4. The van der Waals surface area contributed by atoms with Gasteiger partial charge in [-0.3, -0.25) is 14.5 Å². The van der Waals surface area contributed by atoms with Crippen LogP contribution in [0.25, 0.3) is 10.9 Å². The fourth-order valence-corrected chi connectivity index (χ4v) is 4.13. The van der Waals surface area contributed by atoms with Gasteiger partial charge in [-0.25, -0.2) is 9.37 Å². The van der Waals surface area contributed by atoms with Gasteiger partial charge in [-0.15, -0.1) is 0 Å². The maximum absolute atomic E-state index is 13.4. The summed E-state index contributed by atoms with van der Waals surface area (Å²) < 4.78 is 24.8. The molecule has 1 aliphatic heterocycles. The Morgan fingerprint density at radius 1 is 1.18 bits per heavy atom. The molecule has 1 N–H and O–H groups in total. The van der Waals surface area contributed by atoms with Gasteiger partial charge in [-0.1, -0.05) is 18.2 Å². The first-order valence-electron chi connectivity index (χ1n) is 12.2. The highest BCUT2D eigenvalue weighted by molar-refractivity contribution is 6.31. The number of nitrogens with one attached hydrogen (secondary N) is 1. The van der Waals surface area contributed by atoms with Crippen LogP contribution in [-0.4, -0.2) is 66.0 Å². The molecule has 1 saturated heterocycles. The van der Waals surface area contributed by atoms with Crippen LogP contribution in [0.4, 0.5) is 4.39 Å². The second kappa shape index (κ2) is 13.3. The summed E-state index contributed by atoms with van der Waals surface area (Å²) in [6.45, 7) is 8.45. The van der Waals surface area contributed by atoms with Gasteiger partial charge in [0.1, 0.15) is 17.9 Å². The Balaban J connectivity index is 1.46. The Labute approximate surface area is 224 Å². The number of allylic oxidation sites excluding steroid dienone is 1. The summed E-state index contributed by atoms with van der Waals surface area (Å²) in [5, 5.41) is 0.284. The van der Waals surface area contributed by atoms with Crippen LogP contribution in [0, 0.1) is 5.82 Å². The fourth-order valence-electron chi connectivity index (χ4n) is 3.95. The molecule has 9 nitrogen and oxygen atoms in total. The molecule has 0 aliphatic carbocycles. The third-order valence-corrected chi connectivity index (χ3v) is 6.32. The molecule has 0 spiro atoms. The quantitative estimate of drug-likeness (QED) is 0.209. The highest BCUT2D eigenvalue weighted by Crippen LogP contribution is 2.30. The van der Waals surface area contributed by atoms with E-state index in [0.717, 1.165) is 51.8 Å². The van der Waals surface area contributed by atoms with E-state index >= 15 is 0 Å². The molecule has 4 rings (SSSR count). The molecule has 1 aromatic heterocycles. The molecule has 3 aromatic rings. The van der Waals surface area contributed by atoms with E-state index < -0.39 is 11.7 Å². The lowest BCUT2D eigenvalue weighted by Crippen LogP contribution is -2.36. The van der Waals surface area contributed by atoms with E-state index in [0.29, 0.717) is 28.8 Å². The number of benzene rings is 2. The Morgan fingerprint density at radius 3 is 2.76 bits per heavy atom. The van der Waals surface area contributed by atoms with Crippen molar-refractivity contribution in [3.8, 4) is 11.6 Å². The van der Waals surface area contributed by atoms with E-state index in [4.69, 9.17) is 25.9 Å². The maximum Gasteiger partial charge on any atom is 0.284 e. The van der Waals surface area contributed by atoms with Crippen molar-refractivity contribution < 1.29 is 28.3 Å². The first-order chi connectivity index (χ1) is 18.4. The van der Waals surface area contributed by atoms with E-state index in [1.54, 1.807) is 12.1 Å². The summed E-state index contributed by atoms with van der Waals surface area (Å²) in [5.41, 5.74) is 3.51. The van der Waals surface area contributed by atoms with Crippen LogP contribution in [0.15, 0.2) is 49.3 Å². The number of carbonyl (C=O) groups is 2. The van der Waals surface area contributed by atoms with Crippen LogP contribution in [-0.2, 0) is 16.0 Å². The summed E-state index contributed by atoms with van der Waals surface area (Å²) in [4.78, 5) is 40.9. The zero-order valence-electron chi connectivity index (χ0n) is 20.8. The van der Waals surface area contributed by atoms with Crippen molar-refractivity contribution in [3.63, 3.8) is 0 Å². The van der Waals surface area contributed by atoms with E-state index in [-0.39, 0.29) is 28.7 Å². The van der Waals surface area contributed by atoms with Crippen LogP contribution in [0.2, 0.25) is 5.02 Å². The van der Waals surface area contributed by atoms with Gasteiger partial charge in [0.15, 0.2) is 5.78 Å². The lowest BCUT2D eigenvalue weighted by atomic mass is 10.0. The average Bonchev–Trinajstić information content (AvgIpc) is 2.93. The number of ether oxygens (including phenoxy) is 2. The predicted molar refractivity (Wildman–Crippen MR) is 140 cm³/mol. The predicted octanol–water partition coefficient (Wildman–Crippen LogP) is 3.93. The molecule has 2 aromatic carbocycles. The second-order valence-electron chi connectivity index (χ2n) is 8.67. The first kappa shape index (κ1) is 27.4. The number of rotatable bonds is 12. The molecule has 2 heterocycles. The van der Waals surface area contributed by atoms with Crippen LogP contribution < -0.4 is 15.1 Å².